The maximum atomic E-state index is 12.6. The van der Waals surface area contributed by atoms with Crippen LogP contribution in [0.1, 0.15) is 21.5 Å². The van der Waals surface area contributed by atoms with Gasteiger partial charge in [-0.1, -0.05) is 36.4 Å². The molecule has 0 atom stereocenters. The summed E-state index contributed by atoms with van der Waals surface area (Å²) in [6.45, 7) is 0.992. The predicted octanol–water partition coefficient (Wildman–Crippen LogP) is 3.27. The Bertz CT molecular complexity index is 843. The summed E-state index contributed by atoms with van der Waals surface area (Å²) in [4.78, 5) is 14.3. The molecule has 0 fully saturated rings. The lowest BCUT2D eigenvalue weighted by molar-refractivity contribution is 0.0784. The van der Waals surface area contributed by atoms with Crippen LogP contribution in [0.4, 0.5) is 0 Å². The van der Waals surface area contributed by atoms with E-state index in [0.717, 1.165) is 11.1 Å². The zero-order valence-electron chi connectivity index (χ0n) is 14.4. The number of ether oxygens (including phenoxy) is 1. The Morgan fingerprint density at radius 2 is 1.92 bits per heavy atom. The van der Waals surface area contributed by atoms with Crippen LogP contribution in [0, 0.1) is 0 Å². The minimum atomic E-state index is -0.0472. The normalized spacial score (nSPS) is 10.5. The number of hydrogen-bond donors (Lipinski definition) is 0. The van der Waals surface area contributed by atoms with Gasteiger partial charge in [0.1, 0.15) is 12.4 Å². The SMILES string of the molecule is CN(Cc1cnn(C)c1)C(=O)c1cccc(OCc2ccccc2)c1. The number of nitrogens with zero attached hydrogens (tertiary/aromatic N) is 3. The topological polar surface area (TPSA) is 47.4 Å². The van der Waals surface area contributed by atoms with Gasteiger partial charge >= 0.3 is 0 Å². The highest BCUT2D eigenvalue weighted by Crippen LogP contribution is 2.17. The van der Waals surface area contributed by atoms with Crippen molar-refractivity contribution in [2.75, 3.05) is 7.05 Å². The third-order valence-electron chi connectivity index (χ3n) is 3.85. The van der Waals surface area contributed by atoms with Crippen molar-refractivity contribution in [3.63, 3.8) is 0 Å². The van der Waals surface area contributed by atoms with Gasteiger partial charge in [0, 0.05) is 38.0 Å². The molecule has 5 heteroatoms. The molecule has 0 saturated carbocycles. The third kappa shape index (κ3) is 4.47. The van der Waals surface area contributed by atoms with Gasteiger partial charge in [0.2, 0.25) is 0 Å². The van der Waals surface area contributed by atoms with E-state index in [2.05, 4.69) is 5.10 Å². The van der Waals surface area contributed by atoms with E-state index in [1.807, 2.05) is 55.7 Å². The van der Waals surface area contributed by atoms with Crippen LogP contribution in [0.3, 0.4) is 0 Å². The molecule has 0 spiro atoms. The second kappa shape index (κ2) is 7.66. The first-order valence-electron chi connectivity index (χ1n) is 8.11. The number of aryl methyl sites for hydroxylation is 1. The molecule has 2 aromatic carbocycles. The molecule has 1 amide bonds. The molecule has 3 aromatic rings. The molecule has 1 heterocycles. The van der Waals surface area contributed by atoms with Crippen molar-refractivity contribution < 1.29 is 9.53 Å². The van der Waals surface area contributed by atoms with Gasteiger partial charge in [-0.15, -0.1) is 0 Å². The highest BCUT2D eigenvalue weighted by molar-refractivity contribution is 5.94. The first-order valence-corrected chi connectivity index (χ1v) is 8.11. The van der Waals surface area contributed by atoms with Crippen molar-refractivity contribution in [1.29, 1.82) is 0 Å². The van der Waals surface area contributed by atoms with Gasteiger partial charge in [0.15, 0.2) is 0 Å². The highest BCUT2D eigenvalue weighted by Gasteiger charge is 2.13. The predicted molar refractivity (Wildman–Crippen MR) is 96.2 cm³/mol. The number of aromatic nitrogens is 2. The lowest BCUT2D eigenvalue weighted by atomic mass is 10.2. The first kappa shape index (κ1) is 16.8. The minimum Gasteiger partial charge on any atom is -0.489 e. The highest BCUT2D eigenvalue weighted by atomic mass is 16.5. The molecule has 0 bridgehead atoms. The van der Waals surface area contributed by atoms with Crippen LogP contribution < -0.4 is 4.74 Å². The van der Waals surface area contributed by atoms with Crippen LogP contribution >= 0.6 is 0 Å². The molecule has 0 saturated heterocycles. The van der Waals surface area contributed by atoms with E-state index in [1.165, 1.54) is 0 Å². The fourth-order valence-corrected chi connectivity index (χ4v) is 2.58. The number of carbonyl (C=O) groups is 1. The number of rotatable bonds is 6. The van der Waals surface area contributed by atoms with Crippen LogP contribution in [-0.4, -0.2) is 27.6 Å². The van der Waals surface area contributed by atoms with Crippen LogP contribution in [0.5, 0.6) is 5.75 Å². The number of amides is 1. The van der Waals surface area contributed by atoms with E-state index in [4.69, 9.17) is 4.74 Å². The van der Waals surface area contributed by atoms with E-state index < -0.39 is 0 Å². The quantitative estimate of drug-likeness (QED) is 0.694. The molecule has 0 unspecified atom stereocenters. The fraction of sp³-hybridized carbons (Fsp3) is 0.200. The van der Waals surface area contributed by atoms with Crippen molar-refractivity contribution in [2.24, 2.45) is 7.05 Å². The molecule has 1 aromatic heterocycles. The maximum absolute atomic E-state index is 12.6. The van der Waals surface area contributed by atoms with Gasteiger partial charge in [0.25, 0.3) is 5.91 Å². The Morgan fingerprint density at radius 3 is 2.64 bits per heavy atom. The monoisotopic (exact) mass is 335 g/mol. The zero-order chi connectivity index (χ0) is 17.6. The average Bonchev–Trinajstić information content (AvgIpc) is 3.05. The van der Waals surface area contributed by atoms with E-state index in [0.29, 0.717) is 24.5 Å². The van der Waals surface area contributed by atoms with Crippen molar-refractivity contribution >= 4 is 5.91 Å². The molecule has 128 valence electrons. The summed E-state index contributed by atoms with van der Waals surface area (Å²) < 4.78 is 7.53. The molecule has 0 N–H and O–H groups in total. The molecule has 5 nitrogen and oxygen atoms in total. The van der Waals surface area contributed by atoms with E-state index in [9.17, 15) is 4.79 Å². The largest absolute Gasteiger partial charge is 0.489 e. The van der Waals surface area contributed by atoms with Gasteiger partial charge in [-0.25, -0.2) is 0 Å². The molecule has 0 aliphatic rings. The van der Waals surface area contributed by atoms with E-state index in [-0.39, 0.29) is 5.91 Å². The summed E-state index contributed by atoms with van der Waals surface area (Å²) in [5.41, 5.74) is 2.69. The van der Waals surface area contributed by atoms with Gasteiger partial charge in [0.05, 0.1) is 6.20 Å². The van der Waals surface area contributed by atoms with Crippen molar-refractivity contribution in [3.8, 4) is 5.75 Å². The minimum absolute atomic E-state index is 0.0472. The molecule has 0 aliphatic carbocycles. The lowest BCUT2D eigenvalue weighted by Crippen LogP contribution is -2.26. The number of hydrogen-bond acceptors (Lipinski definition) is 3. The van der Waals surface area contributed by atoms with E-state index >= 15 is 0 Å². The summed E-state index contributed by atoms with van der Waals surface area (Å²) in [5.74, 6) is 0.637. The average molecular weight is 335 g/mol. The molecule has 0 radical (unpaired) electrons. The molecular formula is C20H21N3O2. The van der Waals surface area contributed by atoms with Gasteiger partial charge in [-0.3, -0.25) is 9.48 Å². The number of carbonyl (C=O) groups excluding carboxylic acids is 1. The van der Waals surface area contributed by atoms with Crippen molar-refractivity contribution in [3.05, 3.63) is 83.7 Å². The molecule has 25 heavy (non-hydrogen) atoms. The zero-order valence-corrected chi connectivity index (χ0v) is 14.4. The Balaban J connectivity index is 1.64. The van der Waals surface area contributed by atoms with E-state index in [1.54, 1.807) is 35.0 Å². The van der Waals surface area contributed by atoms with Gasteiger partial charge < -0.3 is 9.64 Å². The second-order valence-corrected chi connectivity index (χ2v) is 5.99. The molecular weight excluding hydrogens is 314 g/mol. The van der Waals surface area contributed by atoms with Gasteiger partial charge in [-0.05, 0) is 23.8 Å². The van der Waals surface area contributed by atoms with Crippen LogP contribution in [0.2, 0.25) is 0 Å². The standard InChI is InChI=1S/C20H21N3O2/c1-22(13-17-12-21-23(2)14-17)20(24)18-9-6-10-19(11-18)25-15-16-7-4-3-5-8-16/h3-12,14H,13,15H2,1-2H3. The second-order valence-electron chi connectivity index (χ2n) is 5.99. The molecule has 3 rings (SSSR count). The maximum Gasteiger partial charge on any atom is 0.254 e. The lowest BCUT2D eigenvalue weighted by Gasteiger charge is -2.17. The third-order valence-corrected chi connectivity index (χ3v) is 3.85. The fourth-order valence-electron chi connectivity index (χ4n) is 2.58. The molecule has 0 aliphatic heterocycles. The van der Waals surface area contributed by atoms with Crippen molar-refractivity contribution in [2.45, 2.75) is 13.2 Å². The Labute approximate surface area is 147 Å². The van der Waals surface area contributed by atoms with Gasteiger partial charge in [-0.2, -0.15) is 5.10 Å². The number of benzene rings is 2. The Hall–Kier alpha value is -3.08. The Morgan fingerprint density at radius 1 is 1.12 bits per heavy atom. The summed E-state index contributed by atoms with van der Waals surface area (Å²) in [6, 6.07) is 17.2. The first-order chi connectivity index (χ1) is 12.1. The smallest absolute Gasteiger partial charge is 0.254 e. The summed E-state index contributed by atoms with van der Waals surface area (Å²) in [5, 5.41) is 4.13. The summed E-state index contributed by atoms with van der Waals surface area (Å²) in [7, 11) is 3.64. The summed E-state index contributed by atoms with van der Waals surface area (Å²) in [6.07, 6.45) is 3.67. The van der Waals surface area contributed by atoms with Crippen LogP contribution in [0.25, 0.3) is 0 Å². The summed E-state index contributed by atoms with van der Waals surface area (Å²) >= 11 is 0. The Kier molecular flexibility index (Phi) is 5.14. The van der Waals surface area contributed by atoms with Crippen molar-refractivity contribution in [1.82, 2.24) is 14.7 Å². The van der Waals surface area contributed by atoms with Crippen LogP contribution in [-0.2, 0) is 20.2 Å². The van der Waals surface area contributed by atoms with Crippen LogP contribution in [0.15, 0.2) is 67.0 Å².